The van der Waals surface area contributed by atoms with Gasteiger partial charge in [-0.2, -0.15) is 0 Å². The van der Waals surface area contributed by atoms with Crippen LogP contribution in [0.25, 0.3) is 11.3 Å². The fourth-order valence-electron chi connectivity index (χ4n) is 2.15. The minimum atomic E-state index is -0.705. The van der Waals surface area contributed by atoms with Gasteiger partial charge in [0.1, 0.15) is 11.3 Å². The van der Waals surface area contributed by atoms with Gasteiger partial charge < -0.3 is 10.1 Å². The first kappa shape index (κ1) is 15.9. The van der Waals surface area contributed by atoms with E-state index >= 15 is 0 Å². The second-order valence-electron chi connectivity index (χ2n) is 5.16. The summed E-state index contributed by atoms with van der Waals surface area (Å²) in [7, 11) is 0. The van der Waals surface area contributed by atoms with E-state index in [-0.39, 0.29) is 11.3 Å². The van der Waals surface area contributed by atoms with Crippen LogP contribution in [0.5, 0.6) is 5.75 Å². The van der Waals surface area contributed by atoms with Crippen molar-refractivity contribution in [3.8, 4) is 17.0 Å². The summed E-state index contributed by atoms with van der Waals surface area (Å²) in [6.07, 6.45) is 3.33. The standard InChI is InChI=1S/C16H14N4O3S/c1-8-9(2)18-14(22)12(13(8)21)15(23)20-16-19-11(7-24-16)10-4-3-5-17-6-10/h3-7H,1-2H3,(H2,18,21,22)(H,19,20,23). The number of carbonyl (C=O) groups is 1. The van der Waals surface area contributed by atoms with Crippen molar-refractivity contribution in [3.05, 3.63) is 57.1 Å². The second kappa shape index (κ2) is 6.25. The maximum atomic E-state index is 12.3. The Morgan fingerprint density at radius 1 is 1.38 bits per heavy atom. The van der Waals surface area contributed by atoms with Crippen LogP contribution in [0.4, 0.5) is 5.13 Å². The highest BCUT2D eigenvalue weighted by Gasteiger charge is 2.20. The van der Waals surface area contributed by atoms with Gasteiger partial charge in [0.25, 0.3) is 11.5 Å². The quantitative estimate of drug-likeness (QED) is 0.677. The molecule has 0 unspecified atom stereocenters. The number of rotatable bonds is 3. The molecule has 0 saturated heterocycles. The Morgan fingerprint density at radius 3 is 2.88 bits per heavy atom. The Morgan fingerprint density at radius 2 is 2.17 bits per heavy atom. The van der Waals surface area contributed by atoms with Crippen molar-refractivity contribution < 1.29 is 9.90 Å². The van der Waals surface area contributed by atoms with Crippen molar-refractivity contribution >= 4 is 22.4 Å². The summed E-state index contributed by atoms with van der Waals surface area (Å²) in [5.41, 5.74) is 1.49. The topological polar surface area (TPSA) is 108 Å². The van der Waals surface area contributed by atoms with E-state index in [1.807, 2.05) is 6.07 Å². The molecule has 0 aromatic carbocycles. The molecule has 0 atom stereocenters. The van der Waals surface area contributed by atoms with Gasteiger partial charge in [0.15, 0.2) is 5.13 Å². The molecule has 3 aromatic heterocycles. The van der Waals surface area contributed by atoms with Gasteiger partial charge in [0.2, 0.25) is 0 Å². The third kappa shape index (κ3) is 2.91. The van der Waals surface area contributed by atoms with Gasteiger partial charge >= 0.3 is 0 Å². The molecule has 0 fully saturated rings. The molecule has 8 heteroatoms. The molecule has 3 rings (SSSR count). The summed E-state index contributed by atoms with van der Waals surface area (Å²) < 4.78 is 0. The molecular weight excluding hydrogens is 328 g/mol. The predicted molar refractivity (Wildman–Crippen MR) is 91.5 cm³/mol. The molecule has 3 heterocycles. The lowest BCUT2D eigenvalue weighted by atomic mass is 10.1. The smallest absolute Gasteiger partial charge is 0.266 e. The zero-order valence-electron chi connectivity index (χ0n) is 13.0. The molecule has 7 nitrogen and oxygen atoms in total. The van der Waals surface area contributed by atoms with Crippen LogP contribution in [0.3, 0.4) is 0 Å². The van der Waals surface area contributed by atoms with Crippen LogP contribution >= 0.6 is 11.3 Å². The van der Waals surface area contributed by atoms with E-state index in [4.69, 9.17) is 0 Å². The maximum Gasteiger partial charge on any atom is 0.266 e. The summed E-state index contributed by atoms with van der Waals surface area (Å²) in [5, 5.41) is 14.7. The van der Waals surface area contributed by atoms with Crippen LogP contribution in [0.15, 0.2) is 34.7 Å². The highest BCUT2D eigenvalue weighted by Crippen LogP contribution is 2.26. The monoisotopic (exact) mass is 342 g/mol. The summed E-state index contributed by atoms with van der Waals surface area (Å²) in [5.74, 6) is -1.03. The van der Waals surface area contributed by atoms with Crippen LogP contribution in [0.2, 0.25) is 0 Å². The van der Waals surface area contributed by atoms with Gasteiger partial charge in [0.05, 0.1) is 5.69 Å². The van der Waals surface area contributed by atoms with Gasteiger partial charge in [-0.1, -0.05) is 0 Å². The number of nitrogens with one attached hydrogen (secondary N) is 2. The van der Waals surface area contributed by atoms with Crippen LogP contribution in [-0.4, -0.2) is 26.0 Å². The van der Waals surface area contributed by atoms with E-state index in [1.54, 1.807) is 37.7 Å². The number of thiazole rings is 1. The zero-order chi connectivity index (χ0) is 17.3. The number of aromatic hydroxyl groups is 1. The largest absolute Gasteiger partial charge is 0.507 e. The fraction of sp³-hybridized carbons (Fsp3) is 0.125. The molecule has 3 N–H and O–H groups in total. The maximum absolute atomic E-state index is 12.3. The molecule has 0 saturated carbocycles. The number of hydrogen-bond donors (Lipinski definition) is 3. The van der Waals surface area contributed by atoms with E-state index in [2.05, 4.69) is 20.3 Å². The average Bonchev–Trinajstić information content (AvgIpc) is 3.02. The van der Waals surface area contributed by atoms with Gasteiger partial charge in [-0.15, -0.1) is 11.3 Å². The van der Waals surface area contributed by atoms with Crippen molar-refractivity contribution in [2.24, 2.45) is 0 Å². The number of carbonyl (C=O) groups excluding carboxylic acids is 1. The van der Waals surface area contributed by atoms with Gasteiger partial charge in [-0.25, -0.2) is 4.98 Å². The number of aromatic nitrogens is 3. The predicted octanol–water partition coefficient (Wildman–Crippen LogP) is 2.47. The van der Waals surface area contributed by atoms with Crippen LogP contribution < -0.4 is 10.9 Å². The third-order valence-electron chi connectivity index (χ3n) is 3.59. The fourth-order valence-corrected chi connectivity index (χ4v) is 2.86. The van der Waals surface area contributed by atoms with E-state index in [1.165, 1.54) is 11.3 Å². The van der Waals surface area contributed by atoms with Crippen molar-refractivity contribution in [3.63, 3.8) is 0 Å². The Kier molecular flexibility index (Phi) is 4.13. The van der Waals surface area contributed by atoms with Crippen LogP contribution in [0.1, 0.15) is 21.6 Å². The number of nitrogens with zero attached hydrogens (tertiary/aromatic N) is 2. The van der Waals surface area contributed by atoms with E-state index < -0.39 is 11.5 Å². The Bertz CT molecular complexity index is 963. The number of aromatic amines is 1. The molecular formula is C16H14N4O3S. The number of amides is 1. The number of H-pyrrole nitrogens is 1. The highest BCUT2D eigenvalue weighted by atomic mass is 32.1. The zero-order valence-corrected chi connectivity index (χ0v) is 13.8. The molecule has 3 aromatic rings. The lowest BCUT2D eigenvalue weighted by Crippen LogP contribution is -2.24. The molecule has 1 amide bonds. The number of pyridine rings is 2. The first-order valence-corrected chi connectivity index (χ1v) is 7.95. The molecule has 24 heavy (non-hydrogen) atoms. The summed E-state index contributed by atoms with van der Waals surface area (Å²) in [6, 6.07) is 3.65. The molecule has 0 spiro atoms. The second-order valence-corrected chi connectivity index (χ2v) is 6.02. The third-order valence-corrected chi connectivity index (χ3v) is 4.35. The minimum absolute atomic E-state index is 0.321. The summed E-state index contributed by atoms with van der Waals surface area (Å²) in [4.78, 5) is 35.2. The molecule has 0 radical (unpaired) electrons. The van der Waals surface area contributed by atoms with Crippen molar-refractivity contribution in [1.29, 1.82) is 0 Å². The van der Waals surface area contributed by atoms with Crippen molar-refractivity contribution in [2.45, 2.75) is 13.8 Å². The van der Waals surface area contributed by atoms with Gasteiger partial charge in [-0.05, 0) is 26.0 Å². The lowest BCUT2D eigenvalue weighted by molar-refractivity contribution is 0.102. The Balaban J connectivity index is 1.88. The average molecular weight is 342 g/mol. The molecule has 0 aliphatic heterocycles. The Labute approximate surface area is 141 Å². The van der Waals surface area contributed by atoms with Crippen molar-refractivity contribution in [2.75, 3.05) is 5.32 Å². The minimum Gasteiger partial charge on any atom is -0.507 e. The molecule has 122 valence electrons. The summed E-state index contributed by atoms with van der Waals surface area (Å²) in [6.45, 7) is 3.28. The highest BCUT2D eigenvalue weighted by molar-refractivity contribution is 7.14. The first-order chi connectivity index (χ1) is 11.5. The summed E-state index contributed by atoms with van der Waals surface area (Å²) >= 11 is 1.22. The number of anilines is 1. The lowest BCUT2D eigenvalue weighted by Gasteiger charge is -2.08. The van der Waals surface area contributed by atoms with Crippen LogP contribution in [-0.2, 0) is 0 Å². The van der Waals surface area contributed by atoms with E-state index in [0.29, 0.717) is 22.1 Å². The number of aryl methyl sites for hydroxylation is 1. The molecule has 0 aliphatic carbocycles. The van der Waals surface area contributed by atoms with E-state index in [9.17, 15) is 14.7 Å². The van der Waals surface area contributed by atoms with Gasteiger partial charge in [-0.3, -0.25) is 19.9 Å². The Hall–Kier alpha value is -3.00. The van der Waals surface area contributed by atoms with Crippen LogP contribution in [0, 0.1) is 13.8 Å². The normalized spacial score (nSPS) is 10.6. The molecule has 0 aliphatic rings. The SMILES string of the molecule is Cc1[nH]c(=O)c(C(=O)Nc2nc(-c3cccnc3)cs2)c(O)c1C. The van der Waals surface area contributed by atoms with Gasteiger partial charge in [0, 0.05) is 34.6 Å². The van der Waals surface area contributed by atoms with E-state index in [0.717, 1.165) is 5.56 Å². The first-order valence-electron chi connectivity index (χ1n) is 7.07. The molecule has 0 bridgehead atoms. The van der Waals surface area contributed by atoms with Crippen molar-refractivity contribution in [1.82, 2.24) is 15.0 Å². The number of hydrogen-bond acceptors (Lipinski definition) is 6.